The lowest BCUT2D eigenvalue weighted by Crippen LogP contribution is -2.20. The lowest BCUT2D eigenvalue weighted by atomic mass is 10.1. The smallest absolute Gasteiger partial charge is 0.0992 e. The summed E-state index contributed by atoms with van der Waals surface area (Å²) in [4.78, 5) is 0. The van der Waals surface area contributed by atoms with E-state index in [4.69, 9.17) is 23.2 Å². The maximum atomic E-state index is 6.24. The van der Waals surface area contributed by atoms with Crippen LogP contribution in [0.2, 0.25) is 8.67 Å². The van der Waals surface area contributed by atoms with E-state index < -0.39 is 0 Å². The quantitative estimate of drug-likeness (QED) is 0.900. The Balaban J connectivity index is 2.26. The highest BCUT2D eigenvalue weighted by Crippen LogP contribution is 2.36. The number of nitrogens with zero attached hydrogens (tertiary/aromatic N) is 2. The van der Waals surface area contributed by atoms with E-state index in [-0.39, 0.29) is 6.04 Å². The Kier molecular flexibility index (Phi) is 4.90. The van der Waals surface area contributed by atoms with Crippen LogP contribution in [-0.4, -0.2) is 16.8 Å². The molecule has 0 aliphatic rings. The molecule has 2 aromatic heterocycles. The fraction of sp³-hybridized carbons (Fsp3) is 0.462. The molecule has 6 heteroatoms. The number of aryl methyl sites for hydroxylation is 2. The van der Waals surface area contributed by atoms with Gasteiger partial charge in [0.2, 0.25) is 0 Å². The molecule has 0 bridgehead atoms. The minimum atomic E-state index is 0.151. The maximum Gasteiger partial charge on any atom is 0.0992 e. The topological polar surface area (TPSA) is 29.9 Å². The summed E-state index contributed by atoms with van der Waals surface area (Å²) in [5.74, 6) is 0. The molecule has 1 N–H and O–H groups in total. The highest BCUT2D eigenvalue weighted by atomic mass is 35.5. The van der Waals surface area contributed by atoms with Crippen molar-refractivity contribution in [2.45, 2.75) is 32.9 Å². The second kappa shape index (κ2) is 6.27. The molecule has 0 aliphatic heterocycles. The van der Waals surface area contributed by atoms with Crippen LogP contribution in [0.1, 0.15) is 29.9 Å². The number of aromatic nitrogens is 2. The fourth-order valence-corrected chi connectivity index (χ4v) is 3.78. The Morgan fingerprint density at radius 3 is 2.68 bits per heavy atom. The monoisotopic (exact) mass is 317 g/mol. The highest BCUT2D eigenvalue weighted by molar-refractivity contribution is 7.20. The van der Waals surface area contributed by atoms with Gasteiger partial charge in [0.25, 0.3) is 0 Å². The molecule has 1 atom stereocenters. The molecule has 2 aromatic rings. The summed E-state index contributed by atoms with van der Waals surface area (Å²) in [5.41, 5.74) is 3.31. The fourth-order valence-electron chi connectivity index (χ4n) is 2.20. The Morgan fingerprint density at radius 1 is 1.42 bits per heavy atom. The molecule has 19 heavy (non-hydrogen) atoms. The molecule has 0 amide bonds. The standard InChI is InChI=1S/C13H17Cl2N3S/c1-4-18-9(5-8(2)17-18)6-11(16-3)10-7-12(14)19-13(10)15/h5,7,11,16H,4,6H2,1-3H3. The Labute approximate surface area is 127 Å². The molecule has 104 valence electrons. The molecule has 0 aromatic carbocycles. The van der Waals surface area contributed by atoms with E-state index in [1.807, 2.05) is 24.7 Å². The van der Waals surface area contributed by atoms with Gasteiger partial charge in [0.1, 0.15) is 0 Å². The van der Waals surface area contributed by atoms with Crippen molar-refractivity contribution in [3.8, 4) is 0 Å². The Bertz CT molecular complexity index is 562. The van der Waals surface area contributed by atoms with Crippen LogP contribution in [-0.2, 0) is 13.0 Å². The van der Waals surface area contributed by atoms with Crippen LogP contribution < -0.4 is 5.32 Å². The van der Waals surface area contributed by atoms with E-state index in [0.717, 1.165) is 32.9 Å². The lowest BCUT2D eigenvalue weighted by Gasteiger charge is -2.16. The van der Waals surface area contributed by atoms with Gasteiger partial charge in [-0.25, -0.2) is 0 Å². The molecule has 0 saturated carbocycles. The van der Waals surface area contributed by atoms with Crippen LogP contribution in [0.15, 0.2) is 12.1 Å². The predicted molar refractivity (Wildman–Crippen MR) is 82.5 cm³/mol. The highest BCUT2D eigenvalue weighted by Gasteiger charge is 2.18. The van der Waals surface area contributed by atoms with Crippen molar-refractivity contribution < 1.29 is 0 Å². The van der Waals surface area contributed by atoms with E-state index >= 15 is 0 Å². The second-order valence-electron chi connectivity index (χ2n) is 4.42. The van der Waals surface area contributed by atoms with Crippen LogP contribution in [0, 0.1) is 6.92 Å². The van der Waals surface area contributed by atoms with Gasteiger partial charge in [-0.2, -0.15) is 5.10 Å². The summed E-state index contributed by atoms with van der Waals surface area (Å²) in [7, 11) is 1.94. The Hall–Kier alpha value is -0.550. The first-order valence-corrected chi connectivity index (χ1v) is 7.77. The summed E-state index contributed by atoms with van der Waals surface area (Å²) in [6.45, 7) is 4.98. The number of halogens is 2. The molecular weight excluding hydrogens is 301 g/mol. The van der Waals surface area contributed by atoms with Gasteiger partial charge in [0, 0.05) is 30.3 Å². The zero-order valence-corrected chi connectivity index (χ0v) is 13.5. The number of rotatable bonds is 5. The molecule has 0 aliphatic carbocycles. The van der Waals surface area contributed by atoms with Crippen molar-refractivity contribution in [3.63, 3.8) is 0 Å². The van der Waals surface area contributed by atoms with Gasteiger partial charge in [0.15, 0.2) is 0 Å². The molecule has 2 rings (SSSR count). The normalized spacial score (nSPS) is 12.9. The van der Waals surface area contributed by atoms with Gasteiger partial charge in [0.05, 0.1) is 14.4 Å². The van der Waals surface area contributed by atoms with Gasteiger partial charge in [-0.05, 0) is 33.0 Å². The van der Waals surface area contributed by atoms with E-state index in [1.54, 1.807) is 0 Å². The van der Waals surface area contributed by atoms with Crippen LogP contribution in [0.25, 0.3) is 0 Å². The van der Waals surface area contributed by atoms with Crippen molar-refractivity contribution >= 4 is 34.5 Å². The van der Waals surface area contributed by atoms with Crippen molar-refractivity contribution in [3.05, 3.63) is 37.8 Å². The third-order valence-corrected chi connectivity index (χ3v) is 4.62. The maximum absolute atomic E-state index is 6.24. The van der Waals surface area contributed by atoms with E-state index in [0.29, 0.717) is 0 Å². The number of likely N-dealkylation sites (N-methyl/N-ethyl adjacent to an activating group) is 1. The molecule has 0 spiro atoms. The summed E-state index contributed by atoms with van der Waals surface area (Å²) in [6, 6.07) is 4.21. The third-order valence-electron chi connectivity index (χ3n) is 3.11. The van der Waals surface area contributed by atoms with Crippen molar-refractivity contribution in [2.24, 2.45) is 0 Å². The van der Waals surface area contributed by atoms with Gasteiger partial charge >= 0.3 is 0 Å². The van der Waals surface area contributed by atoms with Crippen LogP contribution >= 0.6 is 34.5 Å². The number of thiophene rings is 1. The van der Waals surface area contributed by atoms with E-state index in [2.05, 4.69) is 23.4 Å². The Morgan fingerprint density at radius 2 is 2.16 bits per heavy atom. The molecule has 2 heterocycles. The first-order chi connectivity index (χ1) is 9.05. The molecule has 0 fully saturated rings. The minimum absolute atomic E-state index is 0.151. The molecular formula is C13H17Cl2N3S. The SMILES string of the molecule is CCn1nc(C)cc1CC(NC)c1cc(Cl)sc1Cl. The predicted octanol–water partition coefficient (Wildman–Crippen LogP) is 4.08. The van der Waals surface area contributed by atoms with Gasteiger partial charge in [-0.15, -0.1) is 11.3 Å². The summed E-state index contributed by atoms with van der Waals surface area (Å²) >= 11 is 13.7. The van der Waals surface area contributed by atoms with Gasteiger partial charge in [-0.3, -0.25) is 4.68 Å². The van der Waals surface area contributed by atoms with Crippen molar-refractivity contribution in [1.29, 1.82) is 0 Å². The zero-order chi connectivity index (χ0) is 14.0. The first-order valence-electron chi connectivity index (χ1n) is 6.20. The molecule has 3 nitrogen and oxygen atoms in total. The third kappa shape index (κ3) is 3.31. The minimum Gasteiger partial charge on any atom is -0.313 e. The lowest BCUT2D eigenvalue weighted by molar-refractivity contribution is 0.542. The van der Waals surface area contributed by atoms with E-state index in [1.165, 1.54) is 17.0 Å². The first kappa shape index (κ1) is 14.9. The van der Waals surface area contributed by atoms with Crippen LogP contribution in [0.4, 0.5) is 0 Å². The van der Waals surface area contributed by atoms with Gasteiger partial charge in [-0.1, -0.05) is 23.2 Å². The van der Waals surface area contributed by atoms with Crippen molar-refractivity contribution in [1.82, 2.24) is 15.1 Å². The van der Waals surface area contributed by atoms with Crippen LogP contribution in [0.5, 0.6) is 0 Å². The summed E-state index contributed by atoms with van der Waals surface area (Å²) < 4.78 is 3.51. The molecule has 0 radical (unpaired) electrons. The summed E-state index contributed by atoms with van der Waals surface area (Å²) in [5, 5.41) is 7.77. The number of nitrogens with one attached hydrogen (secondary N) is 1. The second-order valence-corrected chi connectivity index (χ2v) is 6.70. The number of hydrogen-bond acceptors (Lipinski definition) is 3. The average Bonchev–Trinajstić information content (AvgIpc) is 2.88. The van der Waals surface area contributed by atoms with Crippen LogP contribution in [0.3, 0.4) is 0 Å². The number of hydrogen-bond donors (Lipinski definition) is 1. The molecule has 1 unspecified atom stereocenters. The zero-order valence-electron chi connectivity index (χ0n) is 11.2. The van der Waals surface area contributed by atoms with E-state index in [9.17, 15) is 0 Å². The largest absolute Gasteiger partial charge is 0.313 e. The van der Waals surface area contributed by atoms with Gasteiger partial charge < -0.3 is 5.32 Å². The summed E-state index contributed by atoms with van der Waals surface area (Å²) in [6.07, 6.45) is 0.845. The van der Waals surface area contributed by atoms with Crippen molar-refractivity contribution in [2.75, 3.05) is 7.05 Å². The molecule has 0 saturated heterocycles. The average molecular weight is 318 g/mol.